The molecule has 0 amide bonds. The van der Waals surface area contributed by atoms with Crippen molar-refractivity contribution in [3.8, 4) is 11.1 Å². The highest BCUT2D eigenvalue weighted by atomic mass is 19.1. The van der Waals surface area contributed by atoms with Gasteiger partial charge in [0.15, 0.2) is 0 Å². The molecule has 0 spiro atoms. The number of hydrogen-bond donors (Lipinski definition) is 1. The van der Waals surface area contributed by atoms with E-state index in [0.717, 1.165) is 36.3 Å². The number of halogens is 1. The topological polar surface area (TPSA) is 29.9 Å². The number of nitrogens with one attached hydrogen (secondary N) is 1. The second-order valence-corrected chi connectivity index (χ2v) is 5.12. The molecule has 1 N–H and O–H groups in total. The maximum atomic E-state index is 13.3. The molecule has 4 heteroatoms. The monoisotopic (exact) mass is 259 g/mol. The van der Waals surface area contributed by atoms with Crippen LogP contribution in [0.5, 0.6) is 0 Å². The number of benzene rings is 1. The van der Waals surface area contributed by atoms with Gasteiger partial charge in [-0.2, -0.15) is 5.10 Å². The molecule has 1 aromatic heterocycles. The SMILES string of the molecule is Cc1nn(C2CCCNC2)cc1-c1cccc(F)c1. The molecule has 0 bridgehead atoms. The molecule has 2 heterocycles. The summed E-state index contributed by atoms with van der Waals surface area (Å²) in [5.41, 5.74) is 2.87. The van der Waals surface area contributed by atoms with Crippen LogP contribution in [0.3, 0.4) is 0 Å². The summed E-state index contributed by atoms with van der Waals surface area (Å²) < 4.78 is 15.3. The zero-order chi connectivity index (χ0) is 13.2. The Morgan fingerprint density at radius 2 is 2.32 bits per heavy atom. The number of aromatic nitrogens is 2. The minimum atomic E-state index is -0.205. The first-order valence-electron chi connectivity index (χ1n) is 6.76. The van der Waals surface area contributed by atoms with E-state index in [9.17, 15) is 4.39 Å². The molecule has 1 aliphatic rings. The first-order chi connectivity index (χ1) is 9.24. The number of rotatable bonds is 2. The molecular formula is C15H18FN3. The van der Waals surface area contributed by atoms with E-state index < -0.39 is 0 Å². The average molecular weight is 259 g/mol. The molecule has 1 fully saturated rings. The van der Waals surface area contributed by atoms with Crippen molar-refractivity contribution < 1.29 is 4.39 Å². The molecule has 0 aliphatic carbocycles. The van der Waals surface area contributed by atoms with Gasteiger partial charge < -0.3 is 5.32 Å². The zero-order valence-electron chi connectivity index (χ0n) is 11.1. The van der Waals surface area contributed by atoms with Gasteiger partial charge in [0.2, 0.25) is 0 Å². The van der Waals surface area contributed by atoms with E-state index in [2.05, 4.69) is 10.4 Å². The van der Waals surface area contributed by atoms with Crippen molar-refractivity contribution in [2.45, 2.75) is 25.8 Å². The standard InChI is InChI=1S/C15H18FN3/c1-11-15(12-4-2-5-13(16)8-12)10-19(18-11)14-6-3-7-17-9-14/h2,4-5,8,10,14,17H,3,6-7,9H2,1H3. The van der Waals surface area contributed by atoms with Gasteiger partial charge in [-0.1, -0.05) is 12.1 Å². The summed E-state index contributed by atoms with van der Waals surface area (Å²) in [7, 11) is 0. The Kier molecular flexibility index (Phi) is 3.34. The second kappa shape index (κ2) is 5.13. The van der Waals surface area contributed by atoms with Gasteiger partial charge in [0.25, 0.3) is 0 Å². The van der Waals surface area contributed by atoms with Crippen LogP contribution in [0.4, 0.5) is 4.39 Å². The summed E-state index contributed by atoms with van der Waals surface area (Å²) in [6, 6.07) is 7.11. The Bertz CT molecular complexity index is 571. The van der Waals surface area contributed by atoms with Crippen LogP contribution in [0, 0.1) is 12.7 Å². The quantitative estimate of drug-likeness (QED) is 0.898. The van der Waals surface area contributed by atoms with Crippen molar-refractivity contribution in [1.82, 2.24) is 15.1 Å². The van der Waals surface area contributed by atoms with Gasteiger partial charge in [-0.05, 0) is 44.0 Å². The highest BCUT2D eigenvalue weighted by molar-refractivity contribution is 5.65. The van der Waals surface area contributed by atoms with Crippen molar-refractivity contribution in [3.63, 3.8) is 0 Å². The van der Waals surface area contributed by atoms with Crippen LogP contribution in [0.15, 0.2) is 30.5 Å². The summed E-state index contributed by atoms with van der Waals surface area (Å²) in [5, 5.41) is 7.98. The highest BCUT2D eigenvalue weighted by Gasteiger charge is 2.17. The van der Waals surface area contributed by atoms with Crippen LogP contribution >= 0.6 is 0 Å². The molecule has 1 atom stereocenters. The maximum Gasteiger partial charge on any atom is 0.123 e. The second-order valence-electron chi connectivity index (χ2n) is 5.12. The lowest BCUT2D eigenvalue weighted by Gasteiger charge is -2.22. The molecule has 100 valence electrons. The fourth-order valence-electron chi connectivity index (χ4n) is 2.67. The largest absolute Gasteiger partial charge is 0.315 e. The van der Waals surface area contributed by atoms with Gasteiger partial charge in [0.1, 0.15) is 5.82 Å². The summed E-state index contributed by atoms with van der Waals surface area (Å²) in [6.07, 6.45) is 4.37. The van der Waals surface area contributed by atoms with Crippen molar-refractivity contribution >= 4 is 0 Å². The third-order valence-corrected chi connectivity index (χ3v) is 3.70. The molecular weight excluding hydrogens is 241 g/mol. The van der Waals surface area contributed by atoms with Gasteiger partial charge >= 0.3 is 0 Å². The Morgan fingerprint density at radius 3 is 3.05 bits per heavy atom. The third kappa shape index (κ3) is 2.54. The van der Waals surface area contributed by atoms with Crippen molar-refractivity contribution in [1.29, 1.82) is 0 Å². The van der Waals surface area contributed by atoms with Crippen LogP contribution in [-0.4, -0.2) is 22.9 Å². The van der Waals surface area contributed by atoms with E-state index in [-0.39, 0.29) is 5.82 Å². The van der Waals surface area contributed by atoms with Gasteiger partial charge in [0.05, 0.1) is 11.7 Å². The normalized spacial score (nSPS) is 19.6. The summed E-state index contributed by atoms with van der Waals surface area (Å²) in [6.45, 7) is 4.03. The first kappa shape index (κ1) is 12.4. The number of aryl methyl sites for hydroxylation is 1. The van der Waals surface area contributed by atoms with Gasteiger partial charge in [-0.15, -0.1) is 0 Å². The number of hydrogen-bond acceptors (Lipinski definition) is 2. The smallest absolute Gasteiger partial charge is 0.123 e. The Balaban J connectivity index is 1.92. The van der Waals surface area contributed by atoms with Crippen LogP contribution < -0.4 is 5.32 Å². The van der Waals surface area contributed by atoms with E-state index >= 15 is 0 Å². The van der Waals surface area contributed by atoms with Crippen molar-refractivity contribution in [3.05, 3.63) is 42.0 Å². The Hall–Kier alpha value is -1.68. The zero-order valence-corrected chi connectivity index (χ0v) is 11.1. The van der Waals surface area contributed by atoms with Crippen LogP contribution in [0.1, 0.15) is 24.6 Å². The predicted octanol–water partition coefficient (Wildman–Crippen LogP) is 2.92. The minimum absolute atomic E-state index is 0.205. The van der Waals surface area contributed by atoms with Crippen LogP contribution in [0.2, 0.25) is 0 Å². The lowest BCUT2D eigenvalue weighted by molar-refractivity contribution is 0.346. The molecule has 1 unspecified atom stereocenters. The van der Waals surface area contributed by atoms with E-state index in [4.69, 9.17) is 0 Å². The van der Waals surface area contributed by atoms with E-state index in [1.54, 1.807) is 12.1 Å². The summed E-state index contributed by atoms with van der Waals surface area (Å²) in [4.78, 5) is 0. The van der Waals surface area contributed by atoms with Gasteiger partial charge in [-0.25, -0.2) is 4.39 Å². The molecule has 0 radical (unpaired) electrons. The van der Waals surface area contributed by atoms with E-state index in [0.29, 0.717) is 6.04 Å². The molecule has 1 aromatic carbocycles. The van der Waals surface area contributed by atoms with Gasteiger partial charge in [0, 0.05) is 18.3 Å². The fraction of sp³-hybridized carbons (Fsp3) is 0.400. The van der Waals surface area contributed by atoms with Gasteiger partial charge in [-0.3, -0.25) is 4.68 Å². The van der Waals surface area contributed by atoms with E-state index in [1.807, 2.05) is 23.9 Å². The molecule has 3 nitrogen and oxygen atoms in total. The van der Waals surface area contributed by atoms with Crippen LogP contribution in [-0.2, 0) is 0 Å². The van der Waals surface area contributed by atoms with Crippen molar-refractivity contribution in [2.24, 2.45) is 0 Å². The average Bonchev–Trinajstić information content (AvgIpc) is 2.82. The molecule has 0 saturated carbocycles. The molecule has 2 aromatic rings. The van der Waals surface area contributed by atoms with Crippen LogP contribution in [0.25, 0.3) is 11.1 Å². The fourth-order valence-corrected chi connectivity index (χ4v) is 2.67. The maximum absolute atomic E-state index is 13.3. The predicted molar refractivity (Wildman–Crippen MR) is 73.5 cm³/mol. The lowest BCUT2D eigenvalue weighted by Crippen LogP contribution is -2.31. The molecule has 3 rings (SSSR count). The minimum Gasteiger partial charge on any atom is -0.315 e. The number of piperidine rings is 1. The molecule has 1 saturated heterocycles. The molecule has 1 aliphatic heterocycles. The van der Waals surface area contributed by atoms with E-state index in [1.165, 1.54) is 12.5 Å². The van der Waals surface area contributed by atoms with Crippen molar-refractivity contribution in [2.75, 3.05) is 13.1 Å². The first-order valence-corrected chi connectivity index (χ1v) is 6.76. The highest BCUT2D eigenvalue weighted by Crippen LogP contribution is 2.26. The Morgan fingerprint density at radius 1 is 1.42 bits per heavy atom. The third-order valence-electron chi connectivity index (χ3n) is 3.70. The number of nitrogens with zero attached hydrogens (tertiary/aromatic N) is 2. The summed E-state index contributed by atoms with van der Waals surface area (Å²) in [5.74, 6) is -0.205. The summed E-state index contributed by atoms with van der Waals surface area (Å²) >= 11 is 0. The lowest BCUT2D eigenvalue weighted by atomic mass is 10.1. The Labute approximate surface area is 112 Å². The molecule has 19 heavy (non-hydrogen) atoms.